The molecule has 1 N–H and O–H groups in total. The van der Waals surface area contributed by atoms with Crippen LogP contribution in [0.25, 0.3) is 0 Å². The molecule has 2 amide bonds. The van der Waals surface area contributed by atoms with Crippen molar-refractivity contribution >= 4 is 6.03 Å². The van der Waals surface area contributed by atoms with Crippen LogP contribution in [0.1, 0.15) is 32.1 Å². The van der Waals surface area contributed by atoms with Crippen LogP contribution in [0, 0.1) is 0 Å². The van der Waals surface area contributed by atoms with E-state index in [9.17, 15) is 4.79 Å². The topological polar surface area (TPSA) is 32.3 Å². The fourth-order valence-corrected chi connectivity index (χ4v) is 2.01. The molecule has 15 heavy (non-hydrogen) atoms. The molecule has 2 rings (SSSR count). The van der Waals surface area contributed by atoms with Gasteiger partial charge in [-0.25, -0.2) is 4.79 Å². The molecule has 3 heteroatoms. The maximum Gasteiger partial charge on any atom is 0.321 e. The third-order valence-electron chi connectivity index (χ3n) is 2.89. The molecule has 0 aromatic heterocycles. The quantitative estimate of drug-likeness (QED) is 0.702. The van der Waals surface area contributed by atoms with Gasteiger partial charge in [-0.15, -0.1) is 0 Å². The van der Waals surface area contributed by atoms with E-state index in [-0.39, 0.29) is 6.03 Å². The highest BCUT2D eigenvalue weighted by molar-refractivity contribution is 5.76. The molecule has 0 aromatic rings. The first-order chi connectivity index (χ1) is 7.36. The molecule has 0 atom stereocenters. The van der Waals surface area contributed by atoms with Gasteiger partial charge in [0, 0.05) is 18.8 Å². The Bertz CT molecular complexity index is 288. The number of likely N-dealkylation sites (tertiary alicyclic amines) is 1. The van der Waals surface area contributed by atoms with Crippen molar-refractivity contribution in [3.05, 3.63) is 23.9 Å². The monoisotopic (exact) mass is 206 g/mol. The van der Waals surface area contributed by atoms with Crippen LogP contribution in [0.3, 0.4) is 0 Å². The highest BCUT2D eigenvalue weighted by Crippen LogP contribution is 2.11. The summed E-state index contributed by atoms with van der Waals surface area (Å²) < 4.78 is 0. The lowest BCUT2D eigenvalue weighted by Crippen LogP contribution is -2.42. The Balaban J connectivity index is 1.85. The van der Waals surface area contributed by atoms with Crippen molar-refractivity contribution in [3.8, 4) is 0 Å². The normalized spacial score (nSPS) is 21.1. The molecule has 3 nitrogen and oxygen atoms in total. The maximum atomic E-state index is 11.8. The molecular weight excluding hydrogens is 188 g/mol. The van der Waals surface area contributed by atoms with E-state index in [0.717, 1.165) is 44.5 Å². The summed E-state index contributed by atoms with van der Waals surface area (Å²) >= 11 is 0. The highest BCUT2D eigenvalue weighted by Gasteiger charge is 2.16. The fraction of sp³-hybridized carbons (Fsp3) is 0.583. The molecule has 1 heterocycles. The minimum Gasteiger partial charge on any atom is -0.325 e. The second-order valence-electron chi connectivity index (χ2n) is 4.12. The van der Waals surface area contributed by atoms with E-state index in [1.54, 1.807) is 0 Å². The van der Waals surface area contributed by atoms with Gasteiger partial charge in [-0.3, -0.25) is 0 Å². The van der Waals surface area contributed by atoms with Crippen molar-refractivity contribution in [1.82, 2.24) is 10.2 Å². The van der Waals surface area contributed by atoms with Crippen molar-refractivity contribution in [1.29, 1.82) is 0 Å². The molecule has 2 aliphatic rings. The van der Waals surface area contributed by atoms with Gasteiger partial charge in [0.05, 0.1) is 0 Å². The van der Waals surface area contributed by atoms with E-state index in [2.05, 4.69) is 17.5 Å². The van der Waals surface area contributed by atoms with Gasteiger partial charge in [0.25, 0.3) is 0 Å². The Morgan fingerprint density at radius 1 is 1.20 bits per heavy atom. The summed E-state index contributed by atoms with van der Waals surface area (Å²) in [6.45, 7) is 1.81. The lowest BCUT2D eigenvalue weighted by atomic mass is 10.1. The molecule has 0 aromatic carbocycles. The molecule has 1 saturated heterocycles. The number of piperidine rings is 1. The molecule has 82 valence electrons. The number of rotatable bonds is 1. The molecule has 1 aliphatic heterocycles. The van der Waals surface area contributed by atoms with Gasteiger partial charge in [-0.1, -0.05) is 12.2 Å². The standard InChI is InChI=1S/C12H18N2O/c15-12(14-9-5-2-6-10-14)13-11-7-3-1-4-8-11/h3,7-8H,1-2,4-6,9-10H2,(H,13,15). The number of carbonyl (C=O) groups is 1. The average molecular weight is 206 g/mol. The Morgan fingerprint density at radius 3 is 2.67 bits per heavy atom. The van der Waals surface area contributed by atoms with Gasteiger partial charge >= 0.3 is 6.03 Å². The van der Waals surface area contributed by atoms with Gasteiger partial charge in [0.1, 0.15) is 0 Å². The van der Waals surface area contributed by atoms with Gasteiger partial charge in [-0.05, 0) is 38.2 Å². The third-order valence-corrected chi connectivity index (χ3v) is 2.89. The SMILES string of the molecule is O=C(NC1=CCCC=C1)N1CCCCC1. The van der Waals surface area contributed by atoms with Crippen molar-refractivity contribution in [2.45, 2.75) is 32.1 Å². The number of hydrogen-bond acceptors (Lipinski definition) is 1. The first-order valence-electron chi connectivity index (χ1n) is 5.79. The summed E-state index contributed by atoms with van der Waals surface area (Å²) in [5, 5.41) is 2.95. The lowest BCUT2D eigenvalue weighted by molar-refractivity contribution is 0.189. The summed E-state index contributed by atoms with van der Waals surface area (Å²) in [6.07, 6.45) is 11.8. The van der Waals surface area contributed by atoms with Crippen molar-refractivity contribution in [2.24, 2.45) is 0 Å². The van der Waals surface area contributed by atoms with Crippen LogP contribution < -0.4 is 5.32 Å². The number of nitrogens with one attached hydrogen (secondary N) is 1. The lowest BCUT2D eigenvalue weighted by Gasteiger charge is -2.27. The van der Waals surface area contributed by atoms with E-state index in [1.165, 1.54) is 6.42 Å². The molecule has 1 fully saturated rings. The van der Waals surface area contributed by atoms with Crippen LogP contribution in [0.5, 0.6) is 0 Å². The fourth-order valence-electron chi connectivity index (χ4n) is 2.01. The van der Waals surface area contributed by atoms with Crippen LogP contribution in [0.2, 0.25) is 0 Å². The summed E-state index contributed by atoms with van der Waals surface area (Å²) in [6, 6.07) is 0.0625. The third kappa shape index (κ3) is 2.85. The minimum absolute atomic E-state index is 0.0625. The van der Waals surface area contributed by atoms with Crippen molar-refractivity contribution in [3.63, 3.8) is 0 Å². The van der Waals surface area contributed by atoms with E-state index >= 15 is 0 Å². The molecule has 0 saturated carbocycles. The predicted molar refractivity (Wildman–Crippen MR) is 60.4 cm³/mol. The molecule has 0 bridgehead atoms. The van der Waals surface area contributed by atoms with E-state index < -0.39 is 0 Å². The average Bonchev–Trinajstić information content (AvgIpc) is 2.31. The van der Waals surface area contributed by atoms with Crippen LogP contribution in [0.4, 0.5) is 4.79 Å². The number of urea groups is 1. The summed E-state index contributed by atoms with van der Waals surface area (Å²) in [5.41, 5.74) is 0.955. The highest BCUT2D eigenvalue weighted by atomic mass is 16.2. The smallest absolute Gasteiger partial charge is 0.321 e. The maximum absolute atomic E-state index is 11.8. The largest absolute Gasteiger partial charge is 0.325 e. The number of nitrogens with zero attached hydrogens (tertiary/aromatic N) is 1. The molecule has 0 unspecified atom stereocenters. The Kier molecular flexibility index (Phi) is 3.43. The second kappa shape index (κ2) is 5.01. The Labute approximate surface area is 90.8 Å². The van der Waals surface area contributed by atoms with Crippen LogP contribution >= 0.6 is 0 Å². The zero-order valence-electron chi connectivity index (χ0n) is 9.04. The van der Waals surface area contributed by atoms with E-state index in [1.807, 2.05) is 11.0 Å². The van der Waals surface area contributed by atoms with Crippen LogP contribution in [-0.2, 0) is 0 Å². The second-order valence-corrected chi connectivity index (χ2v) is 4.12. The summed E-state index contributed by atoms with van der Waals surface area (Å²) in [4.78, 5) is 13.7. The summed E-state index contributed by atoms with van der Waals surface area (Å²) in [7, 11) is 0. The van der Waals surface area contributed by atoms with Gasteiger partial charge in [0.15, 0.2) is 0 Å². The van der Waals surface area contributed by atoms with E-state index in [4.69, 9.17) is 0 Å². The Hall–Kier alpha value is -1.25. The van der Waals surface area contributed by atoms with Crippen molar-refractivity contribution in [2.75, 3.05) is 13.1 Å². The summed E-state index contributed by atoms with van der Waals surface area (Å²) in [5.74, 6) is 0. The predicted octanol–water partition coefficient (Wildman–Crippen LogP) is 2.42. The van der Waals surface area contributed by atoms with Gasteiger partial charge in [0.2, 0.25) is 0 Å². The zero-order chi connectivity index (χ0) is 10.5. The minimum atomic E-state index is 0.0625. The number of hydrogen-bond donors (Lipinski definition) is 1. The van der Waals surface area contributed by atoms with Crippen molar-refractivity contribution < 1.29 is 4.79 Å². The molecule has 1 aliphatic carbocycles. The van der Waals surface area contributed by atoms with Crippen LogP contribution in [0.15, 0.2) is 23.9 Å². The van der Waals surface area contributed by atoms with E-state index in [0.29, 0.717) is 0 Å². The zero-order valence-corrected chi connectivity index (χ0v) is 9.04. The first kappa shape index (κ1) is 10.3. The number of amides is 2. The molecule has 0 spiro atoms. The number of carbonyl (C=O) groups excluding carboxylic acids is 1. The first-order valence-corrected chi connectivity index (χ1v) is 5.79. The van der Waals surface area contributed by atoms with Gasteiger partial charge in [-0.2, -0.15) is 0 Å². The van der Waals surface area contributed by atoms with Crippen LogP contribution in [-0.4, -0.2) is 24.0 Å². The van der Waals surface area contributed by atoms with Gasteiger partial charge < -0.3 is 10.2 Å². The molecular formula is C12H18N2O. The number of allylic oxidation sites excluding steroid dienone is 3. The Morgan fingerprint density at radius 2 is 2.00 bits per heavy atom. The molecule has 0 radical (unpaired) electrons.